The Kier molecular flexibility index (Phi) is 14.3. The maximum absolute atomic E-state index is 10.3. The van der Waals surface area contributed by atoms with Crippen LogP contribution >= 0.6 is 0 Å². The number of carboxylic acid groups (broad SMARTS) is 1. The van der Waals surface area contributed by atoms with Crippen molar-refractivity contribution in [3.63, 3.8) is 0 Å². The zero-order valence-electron chi connectivity index (χ0n) is 12.6. The van der Waals surface area contributed by atoms with Gasteiger partial charge in [-0.2, -0.15) is 0 Å². The molecule has 0 aliphatic rings. The fourth-order valence-corrected chi connectivity index (χ4v) is 1.62. The second-order valence-electron chi connectivity index (χ2n) is 4.62. The molecule has 0 saturated heterocycles. The molecule has 1 N–H and O–H groups in total. The number of carbonyl (C=O) groups is 1. The van der Waals surface area contributed by atoms with Gasteiger partial charge in [-0.25, -0.2) is 0 Å². The minimum Gasteiger partial charge on any atom is -0.481 e. The van der Waals surface area contributed by atoms with Gasteiger partial charge in [0.05, 0.1) is 0 Å². The lowest BCUT2D eigenvalue weighted by atomic mass is 10.2. The van der Waals surface area contributed by atoms with Gasteiger partial charge in [0.15, 0.2) is 0 Å². The molecule has 0 unspecified atom stereocenters. The number of hydrogen-bond acceptors (Lipinski definition) is 1. The Bertz CT molecular complexity index is 335. The highest BCUT2D eigenvalue weighted by atomic mass is 16.4. The van der Waals surface area contributed by atoms with Gasteiger partial charge in [-0.1, -0.05) is 55.5 Å². The van der Waals surface area contributed by atoms with Crippen LogP contribution in [0.4, 0.5) is 0 Å². The van der Waals surface area contributed by atoms with Gasteiger partial charge in [0.1, 0.15) is 0 Å². The van der Waals surface area contributed by atoms with Crippen molar-refractivity contribution in [1.82, 2.24) is 0 Å². The molecule has 20 heavy (non-hydrogen) atoms. The molecule has 0 rings (SSSR count). The van der Waals surface area contributed by atoms with E-state index in [0.29, 0.717) is 6.42 Å². The van der Waals surface area contributed by atoms with Crippen molar-refractivity contribution >= 4 is 5.97 Å². The second-order valence-corrected chi connectivity index (χ2v) is 4.62. The summed E-state index contributed by atoms with van der Waals surface area (Å²) >= 11 is 0. The molecule has 2 nitrogen and oxygen atoms in total. The van der Waals surface area contributed by atoms with E-state index in [1.54, 1.807) is 0 Å². The fraction of sp³-hybridized carbons (Fsp3) is 0.500. The highest BCUT2D eigenvalue weighted by Crippen LogP contribution is 2.00. The van der Waals surface area contributed by atoms with Crippen LogP contribution in [-0.2, 0) is 4.79 Å². The maximum Gasteiger partial charge on any atom is 0.303 e. The van der Waals surface area contributed by atoms with Crippen LogP contribution in [0.25, 0.3) is 0 Å². The molecule has 0 saturated carbocycles. The molecule has 0 aliphatic carbocycles. The molecule has 0 atom stereocenters. The summed E-state index contributed by atoms with van der Waals surface area (Å²) in [6.07, 6.45) is 24.5. The highest BCUT2D eigenvalue weighted by molar-refractivity contribution is 5.66. The predicted molar refractivity (Wildman–Crippen MR) is 86.8 cm³/mol. The van der Waals surface area contributed by atoms with Crippen LogP contribution in [0.5, 0.6) is 0 Å². The van der Waals surface area contributed by atoms with E-state index in [2.05, 4.69) is 49.5 Å². The number of unbranched alkanes of at least 4 members (excludes halogenated alkanes) is 2. The number of hydrogen-bond donors (Lipinski definition) is 1. The largest absolute Gasteiger partial charge is 0.481 e. The normalized spacial score (nSPS) is 12.4. The molecule has 0 fully saturated rings. The molecule has 2 heteroatoms. The standard InChI is InChI=1S/C18H28O2/c1-2-3-4-5-6-7-8-9-10-11-12-13-14-15-16-17-18(19)20/h3-4,6-7,10-11,14-15H,2,5,8-9,12-13,16-17H2,1H3,(H,19,20)/b4-3-,7-6-,11-10+,15-14+. The van der Waals surface area contributed by atoms with Crippen molar-refractivity contribution in [2.45, 2.75) is 58.3 Å². The van der Waals surface area contributed by atoms with Crippen LogP contribution in [0.3, 0.4) is 0 Å². The average molecular weight is 276 g/mol. The van der Waals surface area contributed by atoms with Gasteiger partial charge in [0, 0.05) is 6.42 Å². The van der Waals surface area contributed by atoms with Crippen molar-refractivity contribution in [3.05, 3.63) is 48.6 Å². The molecule has 0 heterocycles. The van der Waals surface area contributed by atoms with E-state index in [1.165, 1.54) is 0 Å². The first-order chi connectivity index (χ1) is 9.77. The third-order valence-electron chi connectivity index (χ3n) is 2.70. The van der Waals surface area contributed by atoms with E-state index < -0.39 is 5.97 Å². The predicted octanol–water partition coefficient (Wildman–Crippen LogP) is 5.44. The van der Waals surface area contributed by atoms with E-state index in [4.69, 9.17) is 5.11 Å². The SMILES string of the molecule is CC/C=C\C/C=C\CC/C=C/CC/C=C/CCC(=O)O. The van der Waals surface area contributed by atoms with Gasteiger partial charge in [-0.15, -0.1) is 0 Å². The van der Waals surface area contributed by atoms with Crippen LogP contribution in [0.2, 0.25) is 0 Å². The van der Waals surface area contributed by atoms with Gasteiger partial charge in [0.25, 0.3) is 0 Å². The fourth-order valence-electron chi connectivity index (χ4n) is 1.62. The van der Waals surface area contributed by atoms with Crippen molar-refractivity contribution in [1.29, 1.82) is 0 Å². The van der Waals surface area contributed by atoms with Crippen molar-refractivity contribution in [2.75, 3.05) is 0 Å². The summed E-state index contributed by atoms with van der Waals surface area (Å²) < 4.78 is 0. The van der Waals surface area contributed by atoms with Crippen LogP contribution < -0.4 is 0 Å². The summed E-state index contributed by atoms with van der Waals surface area (Å²) in [5.74, 6) is -0.729. The Hall–Kier alpha value is -1.57. The van der Waals surface area contributed by atoms with E-state index in [-0.39, 0.29) is 6.42 Å². The molecule has 112 valence electrons. The van der Waals surface area contributed by atoms with Crippen LogP contribution in [0, 0.1) is 0 Å². The zero-order valence-corrected chi connectivity index (χ0v) is 12.6. The Morgan fingerprint density at radius 3 is 1.70 bits per heavy atom. The van der Waals surface area contributed by atoms with Crippen molar-refractivity contribution < 1.29 is 9.90 Å². The van der Waals surface area contributed by atoms with Gasteiger partial charge < -0.3 is 5.11 Å². The zero-order chi connectivity index (χ0) is 14.9. The average Bonchev–Trinajstić information content (AvgIpc) is 2.43. The summed E-state index contributed by atoms with van der Waals surface area (Å²) in [6, 6.07) is 0. The number of rotatable bonds is 12. The topological polar surface area (TPSA) is 37.3 Å². The number of carboxylic acids is 1. The summed E-state index contributed by atoms with van der Waals surface area (Å²) in [5.41, 5.74) is 0. The second kappa shape index (κ2) is 15.5. The minimum atomic E-state index is -0.729. The highest BCUT2D eigenvalue weighted by Gasteiger charge is 1.90. The van der Waals surface area contributed by atoms with E-state index in [1.807, 2.05) is 6.08 Å². The van der Waals surface area contributed by atoms with E-state index in [9.17, 15) is 4.79 Å². The molecule has 0 aliphatic heterocycles. The summed E-state index contributed by atoms with van der Waals surface area (Å²) in [6.45, 7) is 2.15. The number of aliphatic carboxylic acids is 1. The quantitative estimate of drug-likeness (QED) is 0.381. The Balaban J connectivity index is 3.35. The van der Waals surface area contributed by atoms with Gasteiger partial charge >= 0.3 is 5.97 Å². The lowest BCUT2D eigenvalue weighted by Crippen LogP contribution is -1.91. The Morgan fingerprint density at radius 2 is 1.20 bits per heavy atom. The molecule has 0 aromatic heterocycles. The smallest absolute Gasteiger partial charge is 0.303 e. The van der Waals surface area contributed by atoms with Gasteiger partial charge in [-0.3, -0.25) is 4.79 Å². The van der Waals surface area contributed by atoms with Crippen LogP contribution in [0.15, 0.2) is 48.6 Å². The van der Waals surface area contributed by atoms with E-state index in [0.717, 1.165) is 38.5 Å². The third kappa shape index (κ3) is 16.4. The minimum absolute atomic E-state index is 0.228. The summed E-state index contributed by atoms with van der Waals surface area (Å²) in [7, 11) is 0. The van der Waals surface area contributed by atoms with E-state index >= 15 is 0 Å². The molecule has 0 radical (unpaired) electrons. The molecule has 0 aromatic rings. The lowest BCUT2D eigenvalue weighted by molar-refractivity contribution is -0.136. The summed E-state index contributed by atoms with van der Waals surface area (Å²) in [4.78, 5) is 10.3. The molecule has 0 aromatic carbocycles. The van der Waals surface area contributed by atoms with Crippen molar-refractivity contribution in [3.8, 4) is 0 Å². The first-order valence-corrected chi connectivity index (χ1v) is 7.59. The van der Waals surface area contributed by atoms with Gasteiger partial charge in [0.2, 0.25) is 0 Å². The molecule has 0 amide bonds. The molecule has 0 bridgehead atoms. The first-order valence-electron chi connectivity index (χ1n) is 7.59. The number of allylic oxidation sites excluding steroid dienone is 8. The maximum atomic E-state index is 10.3. The molecular formula is C18H28O2. The molecule has 0 spiro atoms. The Morgan fingerprint density at radius 1 is 0.750 bits per heavy atom. The van der Waals surface area contributed by atoms with Crippen LogP contribution in [0.1, 0.15) is 58.3 Å². The Labute approximate surface area is 123 Å². The van der Waals surface area contributed by atoms with Crippen molar-refractivity contribution in [2.24, 2.45) is 0 Å². The summed E-state index contributed by atoms with van der Waals surface area (Å²) in [5, 5.41) is 8.46. The monoisotopic (exact) mass is 276 g/mol. The van der Waals surface area contributed by atoms with Crippen LogP contribution in [-0.4, -0.2) is 11.1 Å². The molecular weight excluding hydrogens is 248 g/mol. The van der Waals surface area contributed by atoms with Gasteiger partial charge in [-0.05, 0) is 44.9 Å². The third-order valence-corrected chi connectivity index (χ3v) is 2.70. The first kappa shape index (κ1) is 18.4. The lowest BCUT2D eigenvalue weighted by Gasteiger charge is -1.90.